The van der Waals surface area contributed by atoms with Crippen LogP contribution in [0.3, 0.4) is 0 Å². The minimum absolute atomic E-state index is 0.495. The summed E-state index contributed by atoms with van der Waals surface area (Å²) >= 11 is 1.88. The molecule has 0 aliphatic heterocycles. The second kappa shape index (κ2) is 5.30. The van der Waals surface area contributed by atoms with Gasteiger partial charge in [0.15, 0.2) is 0 Å². The first kappa shape index (κ1) is 11.4. The van der Waals surface area contributed by atoms with Crippen molar-refractivity contribution in [3.8, 4) is 0 Å². The molecular weight excluding hydrogens is 190 g/mol. The Hall–Kier alpha value is -0.630. The van der Waals surface area contributed by atoms with Crippen LogP contribution in [-0.4, -0.2) is 12.3 Å². The van der Waals surface area contributed by atoms with E-state index >= 15 is 0 Å². The number of hydrogen-bond donors (Lipinski definition) is 1. The number of benzene rings is 1. The summed E-state index contributed by atoms with van der Waals surface area (Å²) in [7, 11) is 0. The molecule has 0 bridgehead atoms. The standard InChI is InChI=1S/C12H19NS/c1-9(2)13-12-7-5-6-11(8-12)10(3)14-4/h5-10,13H,1-4H3. The van der Waals surface area contributed by atoms with Crippen molar-refractivity contribution >= 4 is 17.4 Å². The molecule has 0 heterocycles. The fourth-order valence-corrected chi connectivity index (χ4v) is 1.77. The summed E-state index contributed by atoms with van der Waals surface area (Å²) in [5.74, 6) is 0. The predicted molar refractivity (Wildman–Crippen MR) is 67.1 cm³/mol. The summed E-state index contributed by atoms with van der Waals surface area (Å²) in [6.45, 7) is 6.55. The number of hydrogen-bond acceptors (Lipinski definition) is 2. The van der Waals surface area contributed by atoms with Crippen molar-refractivity contribution in [2.24, 2.45) is 0 Å². The summed E-state index contributed by atoms with van der Waals surface area (Å²) in [6, 6.07) is 9.16. The second-order valence-electron chi connectivity index (χ2n) is 3.80. The molecule has 0 spiro atoms. The van der Waals surface area contributed by atoms with E-state index in [4.69, 9.17) is 0 Å². The second-order valence-corrected chi connectivity index (χ2v) is 4.98. The predicted octanol–water partition coefficient (Wildman–Crippen LogP) is 3.93. The molecule has 1 nitrogen and oxygen atoms in total. The average molecular weight is 209 g/mol. The van der Waals surface area contributed by atoms with Gasteiger partial charge in [0.25, 0.3) is 0 Å². The van der Waals surface area contributed by atoms with Gasteiger partial charge in [-0.15, -0.1) is 0 Å². The minimum Gasteiger partial charge on any atom is -0.383 e. The Kier molecular flexibility index (Phi) is 4.33. The summed E-state index contributed by atoms with van der Waals surface area (Å²) in [5, 5.41) is 3.99. The van der Waals surface area contributed by atoms with Crippen LogP contribution in [0, 0.1) is 0 Å². The van der Waals surface area contributed by atoms with Crippen LogP contribution in [0.15, 0.2) is 24.3 Å². The fourth-order valence-electron chi connectivity index (χ4n) is 1.35. The van der Waals surface area contributed by atoms with E-state index in [9.17, 15) is 0 Å². The highest BCUT2D eigenvalue weighted by atomic mass is 32.2. The van der Waals surface area contributed by atoms with E-state index in [0.29, 0.717) is 11.3 Å². The zero-order valence-corrected chi connectivity index (χ0v) is 10.2. The van der Waals surface area contributed by atoms with Crippen molar-refractivity contribution in [1.82, 2.24) is 0 Å². The van der Waals surface area contributed by atoms with Gasteiger partial charge in [-0.05, 0) is 44.7 Å². The van der Waals surface area contributed by atoms with E-state index in [0.717, 1.165) is 0 Å². The molecule has 0 saturated carbocycles. The molecule has 1 unspecified atom stereocenters. The first-order chi connectivity index (χ1) is 6.63. The highest BCUT2D eigenvalue weighted by Gasteiger charge is 2.03. The molecule has 0 radical (unpaired) electrons. The molecule has 1 rings (SSSR count). The number of nitrogens with one attached hydrogen (secondary N) is 1. The summed E-state index contributed by atoms with van der Waals surface area (Å²) in [5.41, 5.74) is 2.61. The highest BCUT2D eigenvalue weighted by Crippen LogP contribution is 2.27. The average Bonchev–Trinajstić information content (AvgIpc) is 2.16. The van der Waals surface area contributed by atoms with Gasteiger partial charge in [-0.3, -0.25) is 0 Å². The van der Waals surface area contributed by atoms with Gasteiger partial charge >= 0.3 is 0 Å². The zero-order chi connectivity index (χ0) is 10.6. The van der Waals surface area contributed by atoms with Crippen molar-refractivity contribution in [2.45, 2.75) is 32.1 Å². The Morgan fingerprint density at radius 2 is 1.93 bits per heavy atom. The Morgan fingerprint density at radius 3 is 2.50 bits per heavy atom. The van der Waals surface area contributed by atoms with Gasteiger partial charge in [0.05, 0.1) is 0 Å². The quantitative estimate of drug-likeness (QED) is 0.806. The van der Waals surface area contributed by atoms with Crippen LogP contribution in [0.2, 0.25) is 0 Å². The molecule has 0 aromatic heterocycles. The maximum atomic E-state index is 3.41. The Labute approximate surface area is 91.3 Å². The van der Waals surface area contributed by atoms with Gasteiger partial charge in [-0.1, -0.05) is 12.1 Å². The van der Waals surface area contributed by atoms with Crippen LogP contribution in [0.4, 0.5) is 5.69 Å². The lowest BCUT2D eigenvalue weighted by atomic mass is 10.1. The monoisotopic (exact) mass is 209 g/mol. The zero-order valence-electron chi connectivity index (χ0n) is 9.37. The topological polar surface area (TPSA) is 12.0 Å². The van der Waals surface area contributed by atoms with Crippen molar-refractivity contribution in [3.05, 3.63) is 29.8 Å². The molecule has 1 N–H and O–H groups in total. The normalized spacial score (nSPS) is 12.9. The van der Waals surface area contributed by atoms with Crippen LogP contribution in [-0.2, 0) is 0 Å². The SMILES string of the molecule is CSC(C)c1cccc(NC(C)C)c1. The Balaban J connectivity index is 2.78. The van der Waals surface area contributed by atoms with Crippen LogP contribution in [0.25, 0.3) is 0 Å². The molecule has 1 aromatic carbocycles. The first-order valence-electron chi connectivity index (χ1n) is 5.02. The molecule has 1 atom stereocenters. The lowest BCUT2D eigenvalue weighted by Gasteiger charge is -2.13. The van der Waals surface area contributed by atoms with Crippen molar-refractivity contribution in [1.29, 1.82) is 0 Å². The van der Waals surface area contributed by atoms with Crippen LogP contribution >= 0.6 is 11.8 Å². The van der Waals surface area contributed by atoms with Crippen molar-refractivity contribution in [2.75, 3.05) is 11.6 Å². The molecule has 14 heavy (non-hydrogen) atoms. The summed E-state index contributed by atoms with van der Waals surface area (Å²) in [6.07, 6.45) is 2.15. The highest BCUT2D eigenvalue weighted by molar-refractivity contribution is 7.98. The van der Waals surface area contributed by atoms with Gasteiger partial charge < -0.3 is 5.32 Å². The van der Waals surface area contributed by atoms with E-state index in [1.54, 1.807) is 0 Å². The van der Waals surface area contributed by atoms with Crippen LogP contribution in [0.1, 0.15) is 31.6 Å². The van der Waals surface area contributed by atoms with E-state index < -0.39 is 0 Å². The molecule has 0 aliphatic carbocycles. The largest absolute Gasteiger partial charge is 0.383 e. The lowest BCUT2D eigenvalue weighted by molar-refractivity contribution is 0.898. The van der Waals surface area contributed by atoms with Gasteiger partial charge in [0, 0.05) is 17.0 Å². The third-order valence-electron chi connectivity index (χ3n) is 2.16. The van der Waals surface area contributed by atoms with Crippen molar-refractivity contribution < 1.29 is 0 Å². The Morgan fingerprint density at radius 1 is 1.21 bits per heavy atom. The third kappa shape index (κ3) is 3.26. The molecular formula is C12H19NS. The van der Waals surface area contributed by atoms with Crippen LogP contribution in [0.5, 0.6) is 0 Å². The number of thioether (sulfide) groups is 1. The molecule has 0 saturated heterocycles. The lowest BCUT2D eigenvalue weighted by Crippen LogP contribution is -2.09. The van der Waals surface area contributed by atoms with E-state index in [1.165, 1.54) is 11.3 Å². The van der Waals surface area contributed by atoms with Gasteiger partial charge in [0.1, 0.15) is 0 Å². The fraction of sp³-hybridized carbons (Fsp3) is 0.500. The molecule has 78 valence electrons. The number of anilines is 1. The minimum atomic E-state index is 0.495. The summed E-state index contributed by atoms with van der Waals surface area (Å²) < 4.78 is 0. The van der Waals surface area contributed by atoms with E-state index in [1.807, 2.05) is 11.8 Å². The number of rotatable bonds is 4. The van der Waals surface area contributed by atoms with Crippen molar-refractivity contribution in [3.63, 3.8) is 0 Å². The maximum Gasteiger partial charge on any atom is 0.0345 e. The summed E-state index contributed by atoms with van der Waals surface area (Å²) in [4.78, 5) is 0. The van der Waals surface area contributed by atoms with Crippen LogP contribution < -0.4 is 5.32 Å². The van der Waals surface area contributed by atoms with Gasteiger partial charge in [-0.25, -0.2) is 0 Å². The maximum absolute atomic E-state index is 3.41. The molecule has 1 aromatic rings. The van der Waals surface area contributed by atoms with Gasteiger partial charge in [0.2, 0.25) is 0 Å². The van der Waals surface area contributed by atoms with Gasteiger partial charge in [-0.2, -0.15) is 11.8 Å². The molecule has 0 aliphatic rings. The van der Waals surface area contributed by atoms with E-state index in [-0.39, 0.29) is 0 Å². The van der Waals surface area contributed by atoms with E-state index in [2.05, 4.69) is 56.6 Å². The molecule has 0 fully saturated rings. The Bertz CT molecular complexity index is 283. The smallest absolute Gasteiger partial charge is 0.0345 e. The molecule has 0 amide bonds. The first-order valence-corrected chi connectivity index (χ1v) is 6.31. The third-order valence-corrected chi connectivity index (χ3v) is 3.14. The molecule has 2 heteroatoms.